The maximum absolute atomic E-state index is 12.1. The second-order valence-electron chi connectivity index (χ2n) is 5.52. The predicted molar refractivity (Wildman–Crippen MR) is 93.5 cm³/mol. The Bertz CT molecular complexity index is 623. The van der Waals surface area contributed by atoms with E-state index in [0.29, 0.717) is 18.1 Å². The molecule has 0 saturated carbocycles. The van der Waals surface area contributed by atoms with E-state index in [1.165, 1.54) is 0 Å². The maximum atomic E-state index is 12.1. The summed E-state index contributed by atoms with van der Waals surface area (Å²) < 4.78 is 6.54. The molecule has 0 atom stereocenters. The van der Waals surface area contributed by atoms with Crippen molar-refractivity contribution in [3.63, 3.8) is 0 Å². The molecule has 4 heteroatoms. The molecule has 0 heterocycles. The van der Waals surface area contributed by atoms with Crippen LogP contribution < -0.4 is 10.1 Å². The van der Waals surface area contributed by atoms with Crippen molar-refractivity contribution in [2.75, 3.05) is 11.9 Å². The van der Waals surface area contributed by atoms with Gasteiger partial charge in [0.2, 0.25) is 0 Å². The van der Waals surface area contributed by atoms with E-state index >= 15 is 0 Å². The molecule has 0 fully saturated rings. The summed E-state index contributed by atoms with van der Waals surface area (Å²) in [7, 11) is 0. The number of ether oxygens (including phenoxy) is 1. The van der Waals surface area contributed by atoms with Crippen LogP contribution in [0, 0.1) is 5.92 Å². The Hall–Kier alpha value is -1.81. The number of halogens is 1. The van der Waals surface area contributed by atoms with Gasteiger partial charge in [0.25, 0.3) is 5.91 Å². The van der Waals surface area contributed by atoms with Crippen LogP contribution in [0.1, 0.15) is 30.6 Å². The monoisotopic (exact) mass is 361 g/mol. The number of benzene rings is 2. The third-order valence-corrected chi connectivity index (χ3v) is 3.66. The molecule has 2 aromatic carbocycles. The number of hydrogen-bond acceptors (Lipinski definition) is 2. The zero-order chi connectivity index (χ0) is 15.9. The average molecular weight is 362 g/mol. The number of amides is 1. The highest BCUT2D eigenvalue weighted by molar-refractivity contribution is 9.10. The van der Waals surface area contributed by atoms with Crippen molar-refractivity contribution in [2.24, 2.45) is 5.92 Å². The summed E-state index contributed by atoms with van der Waals surface area (Å²) in [5.74, 6) is 1.32. The lowest BCUT2D eigenvalue weighted by molar-refractivity contribution is 0.102. The standard InChI is InChI=1S/C18H20BrNO2/c1-13(2)10-11-22-17-8-6-16(7-9-17)20-18(21)14-4-3-5-15(19)12-14/h3-9,12-13H,10-11H2,1-2H3,(H,20,21). The smallest absolute Gasteiger partial charge is 0.255 e. The van der Waals surface area contributed by atoms with Gasteiger partial charge in [-0.3, -0.25) is 4.79 Å². The Morgan fingerprint density at radius 3 is 2.55 bits per heavy atom. The highest BCUT2D eigenvalue weighted by atomic mass is 79.9. The molecule has 0 spiro atoms. The van der Waals surface area contributed by atoms with Crippen LogP contribution in [0.2, 0.25) is 0 Å². The van der Waals surface area contributed by atoms with Gasteiger partial charge in [-0.15, -0.1) is 0 Å². The largest absolute Gasteiger partial charge is 0.494 e. The fourth-order valence-electron chi connectivity index (χ4n) is 1.88. The first kappa shape index (κ1) is 16.6. The summed E-state index contributed by atoms with van der Waals surface area (Å²) in [6.45, 7) is 5.05. The average Bonchev–Trinajstić information content (AvgIpc) is 2.48. The summed E-state index contributed by atoms with van der Waals surface area (Å²) in [5.41, 5.74) is 1.37. The van der Waals surface area contributed by atoms with Crippen molar-refractivity contribution in [3.05, 3.63) is 58.6 Å². The molecule has 1 amide bonds. The van der Waals surface area contributed by atoms with Crippen LogP contribution in [-0.4, -0.2) is 12.5 Å². The maximum Gasteiger partial charge on any atom is 0.255 e. The van der Waals surface area contributed by atoms with Crippen LogP contribution >= 0.6 is 15.9 Å². The molecule has 0 aliphatic carbocycles. The first-order valence-corrected chi connectivity index (χ1v) is 8.13. The van der Waals surface area contributed by atoms with E-state index < -0.39 is 0 Å². The fraction of sp³-hybridized carbons (Fsp3) is 0.278. The van der Waals surface area contributed by atoms with Gasteiger partial charge in [0.15, 0.2) is 0 Å². The van der Waals surface area contributed by atoms with Gasteiger partial charge in [0, 0.05) is 15.7 Å². The van der Waals surface area contributed by atoms with E-state index in [4.69, 9.17) is 4.74 Å². The first-order valence-electron chi connectivity index (χ1n) is 7.34. The van der Waals surface area contributed by atoms with E-state index in [1.807, 2.05) is 36.4 Å². The number of anilines is 1. The van der Waals surface area contributed by atoms with E-state index in [0.717, 1.165) is 22.3 Å². The predicted octanol–water partition coefficient (Wildman–Crippen LogP) is 5.13. The molecule has 0 aliphatic rings. The Kier molecular flexibility index (Phi) is 6.01. The van der Waals surface area contributed by atoms with Crippen LogP contribution in [0.3, 0.4) is 0 Å². The second-order valence-corrected chi connectivity index (χ2v) is 6.44. The number of carbonyl (C=O) groups is 1. The van der Waals surface area contributed by atoms with Crippen molar-refractivity contribution in [1.82, 2.24) is 0 Å². The molecule has 2 aromatic rings. The molecule has 0 aliphatic heterocycles. The highest BCUT2D eigenvalue weighted by Gasteiger charge is 2.06. The van der Waals surface area contributed by atoms with E-state index in [2.05, 4.69) is 35.1 Å². The van der Waals surface area contributed by atoms with Gasteiger partial charge in [-0.1, -0.05) is 35.8 Å². The molecule has 1 N–H and O–H groups in total. The third kappa shape index (κ3) is 5.19. The summed E-state index contributed by atoms with van der Waals surface area (Å²) >= 11 is 3.36. The quantitative estimate of drug-likeness (QED) is 0.774. The minimum atomic E-state index is -0.130. The molecule has 0 radical (unpaired) electrons. The summed E-state index contributed by atoms with van der Waals surface area (Å²) in [6, 6.07) is 14.7. The molecular weight excluding hydrogens is 342 g/mol. The Morgan fingerprint density at radius 2 is 1.91 bits per heavy atom. The minimum Gasteiger partial charge on any atom is -0.494 e. The van der Waals surface area contributed by atoms with E-state index in [9.17, 15) is 4.79 Å². The Labute approximate surface area is 139 Å². The Morgan fingerprint density at radius 1 is 1.18 bits per heavy atom. The lowest BCUT2D eigenvalue weighted by atomic mass is 10.1. The number of hydrogen-bond donors (Lipinski definition) is 1. The van der Waals surface area contributed by atoms with Gasteiger partial charge >= 0.3 is 0 Å². The zero-order valence-corrected chi connectivity index (χ0v) is 14.4. The molecule has 116 valence electrons. The minimum absolute atomic E-state index is 0.130. The molecule has 0 bridgehead atoms. The van der Waals surface area contributed by atoms with Crippen LogP contribution in [0.5, 0.6) is 5.75 Å². The second kappa shape index (κ2) is 7.99. The van der Waals surface area contributed by atoms with Crippen molar-refractivity contribution in [3.8, 4) is 5.75 Å². The van der Waals surface area contributed by atoms with Crippen molar-refractivity contribution < 1.29 is 9.53 Å². The van der Waals surface area contributed by atoms with Crippen molar-refractivity contribution in [2.45, 2.75) is 20.3 Å². The van der Waals surface area contributed by atoms with E-state index in [1.54, 1.807) is 12.1 Å². The topological polar surface area (TPSA) is 38.3 Å². The van der Waals surface area contributed by atoms with E-state index in [-0.39, 0.29) is 5.91 Å². The van der Waals surface area contributed by atoms with Crippen LogP contribution in [0.4, 0.5) is 5.69 Å². The van der Waals surface area contributed by atoms with Gasteiger partial charge in [-0.25, -0.2) is 0 Å². The molecule has 22 heavy (non-hydrogen) atoms. The highest BCUT2D eigenvalue weighted by Crippen LogP contribution is 2.18. The van der Waals surface area contributed by atoms with Gasteiger partial charge in [0.05, 0.1) is 6.61 Å². The molecule has 2 rings (SSSR count). The molecule has 0 aromatic heterocycles. The van der Waals surface area contributed by atoms with Crippen LogP contribution in [0.15, 0.2) is 53.0 Å². The molecule has 0 saturated heterocycles. The number of rotatable bonds is 6. The number of nitrogens with one attached hydrogen (secondary N) is 1. The number of carbonyl (C=O) groups excluding carboxylic acids is 1. The summed E-state index contributed by atoms with van der Waals surface area (Å²) in [6.07, 6.45) is 1.03. The van der Waals surface area contributed by atoms with Gasteiger partial charge in [0.1, 0.15) is 5.75 Å². The van der Waals surface area contributed by atoms with Crippen LogP contribution in [0.25, 0.3) is 0 Å². The van der Waals surface area contributed by atoms with Crippen molar-refractivity contribution >= 4 is 27.5 Å². The molecule has 3 nitrogen and oxygen atoms in total. The lowest BCUT2D eigenvalue weighted by Gasteiger charge is -2.09. The molecular formula is C18H20BrNO2. The first-order chi connectivity index (χ1) is 10.5. The summed E-state index contributed by atoms with van der Waals surface area (Å²) in [5, 5.41) is 2.87. The Balaban J connectivity index is 1.92. The molecule has 0 unspecified atom stereocenters. The lowest BCUT2D eigenvalue weighted by Crippen LogP contribution is -2.11. The third-order valence-electron chi connectivity index (χ3n) is 3.16. The SMILES string of the molecule is CC(C)CCOc1ccc(NC(=O)c2cccc(Br)c2)cc1. The normalized spacial score (nSPS) is 10.5. The fourth-order valence-corrected chi connectivity index (χ4v) is 2.28. The zero-order valence-electron chi connectivity index (χ0n) is 12.8. The van der Waals surface area contributed by atoms with Crippen molar-refractivity contribution in [1.29, 1.82) is 0 Å². The van der Waals surface area contributed by atoms with Gasteiger partial charge in [-0.2, -0.15) is 0 Å². The van der Waals surface area contributed by atoms with Gasteiger partial charge < -0.3 is 10.1 Å². The van der Waals surface area contributed by atoms with Crippen LogP contribution in [-0.2, 0) is 0 Å². The van der Waals surface area contributed by atoms with Gasteiger partial charge in [-0.05, 0) is 54.8 Å². The summed E-state index contributed by atoms with van der Waals surface area (Å²) in [4.78, 5) is 12.1.